The fraction of sp³-hybridized carbons (Fsp3) is 0.167. The minimum Gasteiger partial charge on any atom is -0.380 e. The van der Waals surface area contributed by atoms with Gasteiger partial charge in [-0.25, -0.2) is 0 Å². The van der Waals surface area contributed by atoms with E-state index in [0.717, 1.165) is 27.8 Å². The SMILES string of the molecule is [2H]c1ccc(-c2noc(-c3ccc(-c4ccccc4C)c(COC)c3)n2)cc1C. The molecule has 0 amide bonds. The van der Waals surface area contributed by atoms with Crippen molar-refractivity contribution in [2.24, 2.45) is 0 Å². The molecule has 0 atom stereocenters. The number of hydrogen-bond acceptors (Lipinski definition) is 4. The van der Waals surface area contributed by atoms with Crippen LogP contribution in [0, 0.1) is 13.8 Å². The van der Waals surface area contributed by atoms with Crippen LogP contribution in [0.15, 0.2) is 71.2 Å². The minimum absolute atomic E-state index is 0.460. The third-order valence-corrected chi connectivity index (χ3v) is 4.72. The molecule has 4 heteroatoms. The predicted octanol–water partition coefficient (Wildman–Crippen LogP) is 5.83. The molecule has 0 aliphatic rings. The highest BCUT2D eigenvalue weighted by atomic mass is 16.5. The minimum atomic E-state index is 0.460. The number of hydrogen-bond donors (Lipinski definition) is 0. The molecule has 0 radical (unpaired) electrons. The fourth-order valence-electron chi connectivity index (χ4n) is 3.32. The molecule has 0 saturated heterocycles. The van der Waals surface area contributed by atoms with Crippen LogP contribution in [0.5, 0.6) is 0 Å². The van der Waals surface area contributed by atoms with Crippen LogP contribution in [0.25, 0.3) is 34.0 Å². The van der Waals surface area contributed by atoms with Crippen LogP contribution < -0.4 is 0 Å². The summed E-state index contributed by atoms with van der Waals surface area (Å²) in [6.07, 6.45) is 0. The molecule has 1 aromatic heterocycles. The molecule has 0 saturated carbocycles. The van der Waals surface area contributed by atoms with Crippen molar-refractivity contribution in [3.05, 3.63) is 83.4 Å². The summed E-state index contributed by atoms with van der Waals surface area (Å²) < 4.78 is 18.8. The van der Waals surface area contributed by atoms with Gasteiger partial charge in [-0.2, -0.15) is 4.98 Å². The lowest BCUT2D eigenvalue weighted by molar-refractivity contribution is 0.185. The first-order valence-corrected chi connectivity index (χ1v) is 9.16. The van der Waals surface area contributed by atoms with Gasteiger partial charge in [-0.3, -0.25) is 0 Å². The van der Waals surface area contributed by atoms with Crippen molar-refractivity contribution in [3.8, 4) is 34.0 Å². The van der Waals surface area contributed by atoms with Gasteiger partial charge in [-0.05, 0) is 54.3 Å². The van der Waals surface area contributed by atoms with Crippen molar-refractivity contribution >= 4 is 0 Å². The second kappa shape index (κ2) is 7.79. The molecular weight excluding hydrogens is 348 g/mol. The first-order chi connectivity index (χ1) is 14.1. The number of methoxy groups -OCH3 is 1. The number of aryl methyl sites for hydroxylation is 2. The maximum Gasteiger partial charge on any atom is 0.258 e. The van der Waals surface area contributed by atoms with Crippen molar-refractivity contribution in [2.75, 3.05) is 7.11 Å². The lowest BCUT2D eigenvalue weighted by Crippen LogP contribution is -1.95. The quantitative estimate of drug-likeness (QED) is 0.442. The Morgan fingerprint density at radius 3 is 2.61 bits per heavy atom. The molecule has 0 aliphatic carbocycles. The van der Waals surface area contributed by atoms with E-state index in [1.165, 1.54) is 11.1 Å². The highest BCUT2D eigenvalue weighted by Gasteiger charge is 2.14. The number of nitrogens with zero attached hydrogens (tertiary/aromatic N) is 2. The van der Waals surface area contributed by atoms with E-state index in [1.54, 1.807) is 13.2 Å². The van der Waals surface area contributed by atoms with Crippen molar-refractivity contribution in [1.82, 2.24) is 10.1 Å². The summed E-state index contributed by atoms with van der Waals surface area (Å²) in [6.45, 7) is 4.49. The summed E-state index contributed by atoms with van der Waals surface area (Å²) >= 11 is 0. The molecule has 0 N–H and O–H groups in total. The van der Waals surface area contributed by atoms with Gasteiger partial charge in [0.2, 0.25) is 5.82 Å². The van der Waals surface area contributed by atoms with Gasteiger partial charge in [0.25, 0.3) is 5.89 Å². The fourth-order valence-corrected chi connectivity index (χ4v) is 3.32. The molecule has 0 bridgehead atoms. The molecule has 0 spiro atoms. The topological polar surface area (TPSA) is 48.2 Å². The molecule has 4 rings (SSSR count). The molecule has 28 heavy (non-hydrogen) atoms. The van der Waals surface area contributed by atoms with Gasteiger partial charge in [-0.1, -0.05) is 59.2 Å². The highest BCUT2D eigenvalue weighted by Crippen LogP contribution is 2.31. The summed E-state index contributed by atoms with van der Waals surface area (Å²) in [6, 6.07) is 20.4. The standard InChI is InChI=1S/C24H22N2O2/c1-16-7-6-9-18(13-16)23-25-24(28-26-23)19-11-12-22(20(14-19)15-27-3)21-10-5-4-8-17(21)2/h4-14H,15H2,1-3H3/i7D. The van der Waals surface area contributed by atoms with Crippen molar-refractivity contribution in [3.63, 3.8) is 0 Å². The molecule has 3 aromatic carbocycles. The summed E-state index contributed by atoms with van der Waals surface area (Å²) in [5, 5.41) is 4.13. The van der Waals surface area contributed by atoms with E-state index >= 15 is 0 Å². The van der Waals surface area contributed by atoms with Gasteiger partial charge in [0.15, 0.2) is 0 Å². The number of benzene rings is 3. The number of aromatic nitrogens is 2. The Kier molecular flexibility index (Phi) is 4.70. The largest absolute Gasteiger partial charge is 0.380 e. The summed E-state index contributed by atoms with van der Waals surface area (Å²) in [5.41, 5.74) is 7.15. The van der Waals surface area contributed by atoms with Gasteiger partial charge in [0.1, 0.15) is 0 Å². The molecule has 0 unspecified atom stereocenters. The third-order valence-electron chi connectivity index (χ3n) is 4.72. The Balaban J connectivity index is 1.73. The van der Waals surface area contributed by atoms with E-state index in [4.69, 9.17) is 10.6 Å². The van der Waals surface area contributed by atoms with E-state index in [-0.39, 0.29) is 0 Å². The van der Waals surface area contributed by atoms with E-state index in [2.05, 4.69) is 35.3 Å². The smallest absolute Gasteiger partial charge is 0.258 e. The Labute approximate surface area is 166 Å². The molecule has 0 aliphatic heterocycles. The second-order valence-corrected chi connectivity index (χ2v) is 6.80. The lowest BCUT2D eigenvalue weighted by Gasteiger charge is -2.12. The first-order valence-electron chi connectivity index (χ1n) is 9.66. The zero-order chi connectivity index (χ0) is 20.4. The van der Waals surface area contributed by atoms with E-state index < -0.39 is 0 Å². The van der Waals surface area contributed by atoms with Crippen LogP contribution in [-0.2, 0) is 11.3 Å². The maximum atomic E-state index is 7.81. The van der Waals surface area contributed by atoms with Gasteiger partial charge in [-0.15, -0.1) is 0 Å². The number of ether oxygens (including phenoxy) is 1. The lowest BCUT2D eigenvalue weighted by atomic mass is 9.94. The van der Waals surface area contributed by atoms with Crippen LogP contribution in [0.3, 0.4) is 0 Å². The van der Waals surface area contributed by atoms with Crippen molar-refractivity contribution < 1.29 is 10.6 Å². The van der Waals surface area contributed by atoms with Crippen LogP contribution in [0.4, 0.5) is 0 Å². The van der Waals surface area contributed by atoms with E-state index in [1.807, 2.05) is 43.3 Å². The van der Waals surface area contributed by atoms with E-state index in [9.17, 15) is 0 Å². The van der Waals surface area contributed by atoms with Crippen LogP contribution >= 0.6 is 0 Å². The average molecular weight is 371 g/mol. The predicted molar refractivity (Wildman–Crippen MR) is 111 cm³/mol. The second-order valence-electron chi connectivity index (χ2n) is 6.80. The summed E-state index contributed by atoms with van der Waals surface area (Å²) in [7, 11) is 1.69. The van der Waals surface area contributed by atoms with Crippen LogP contribution in [-0.4, -0.2) is 17.3 Å². The van der Waals surface area contributed by atoms with Gasteiger partial charge in [0, 0.05) is 18.2 Å². The Bertz CT molecular complexity index is 1170. The van der Waals surface area contributed by atoms with E-state index in [0.29, 0.717) is 24.4 Å². The molecular formula is C24H22N2O2. The Morgan fingerprint density at radius 2 is 1.82 bits per heavy atom. The maximum absolute atomic E-state index is 7.81. The third kappa shape index (κ3) is 3.59. The van der Waals surface area contributed by atoms with Crippen LogP contribution in [0.1, 0.15) is 18.1 Å². The summed E-state index contributed by atoms with van der Waals surface area (Å²) in [4.78, 5) is 4.56. The van der Waals surface area contributed by atoms with Gasteiger partial charge < -0.3 is 9.26 Å². The Morgan fingerprint density at radius 1 is 0.964 bits per heavy atom. The number of rotatable bonds is 5. The zero-order valence-corrected chi connectivity index (χ0v) is 16.2. The normalized spacial score (nSPS) is 11.5. The zero-order valence-electron chi connectivity index (χ0n) is 17.2. The molecule has 140 valence electrons. The molecule has 4 aromatic rings. The van der Waals surface area contributed by atoms with Gasteiger partial charge in [0.05, 0.1) is 7.98 Å². The van der Waals surface area contributed by atoms with Crippen LogP contribution in [0.2, 0.25) is 0 Å². The van der Waals surface area contributed by atoms with Crippen molar-refractivity contribution in [2.45, 2.75) is 20.5 Å². The summed E-state index contributed by atoms with van der Waals surface area (Å²) in [5.74, 6) is 0.973. The first kappa shape index (κ1) is 16.9. The Hall–Kier alpha value is -3.24. The van der Waals surface area contributed by atoms with Crippen molar-refractivity contribution in [1.29, 1.82) is 0 Å². The average Bonchev–Trinajstić information content (AvgIpc) is 3.21. The van der Waals surface area contributed by atoms with Gasteiger partial charge >= 0.3 is 0 Å². The monoisotopic (exact) mass is 371 g/mol. The molecule has 1 heterocycles. The molecule has 0 fully saturated rings. The highest BCUT2D eigenvalue weighted by molar-refractivity contribution is 5.74. The molecule has 4 nitrogen and oxygen atoms in total.